The zero-order valence-electron chi connectivity index (χ0n) is 15.4. The highest BCUT2D eigenvalue weighted by atomic mass is 32.2. The van der Waals surface area contributed by atoms with Crippen LogP contribution in [-0.4, -0.2) is 57.5 Å². The van der Waals surface area contributed by atoms with Crippen molar-refractivity contribution in [2.24, 2.45) is 0 Å². The zero-order valence-corrected chi connectivity index (χ0v) is 16.2. The highest BCUT2D eigenvalue weighted by Gasteiger charge is 2.20. The minimum atomic E-state index is -1.08. The van der Waals surface area contributed by atoms with E-state index in [0.29, 0.717) is 6.42 Å². The summed E-state index contributed by atoms with van der Waals surface area (Å²) < 4.78 is 0. The van der Waals surface area contributed by atoms with Crippen LogP contribution < -0.4 is 5.32 Å². The molecule has 7 heteroatoms. The van der Waals surface area contributed by atoms with Crippen LogP contribution in [0.1, 0.15) is 71.1 Å². The lowest BCUT2D eigenvalue weighted by atomic mass is 10.1. The predicted octanol–water partition coefficient (Wildman–Crippen LogP) is 2.56. The van der Waals surface area contributed by atoms with Crippen molar-refractivity contribution in [3.8, 4) is 0 Å². The first-order valence-electron chi connectivity index (χ1n) is 9.40. The molecule has 0 aliphatic carbocycles. The second kappa shape index (κ2) is 16.7. The summed E-state index contributed by atoms with van der Waals surface area (Å²) in [6.07, 6.45) is 10.0. The number of carboxylic acids is 1. The third-order valence-corrected chi connectivity index (χ3v) is 5.14. The summed E-state index contributed by atoms with van der Waals surface area (Å²) in [5, 5.41) is 29.6. The van der Waals surface area contributed by atoms with Gasteiger partial charge in [-0.2, -0.15) is 11.8 Å². The number of rotatable bonds is 17. The van der Waals surface area contributed by atoms with Gasteiger partial charge in [-0.05, 0) is 6.42 Å². The van der Waals surface area contributed by atoms with E-state index < -0.39 is 18.1 Å². The van der Waals surface area contributed by atoms with Crippen molar-refractivity contribution in [2.75, 3.05) is 18.1 Å². The molecule has 0 saturated heterocycles. The van der Waals surface area contributed by atoms with E-state index in [1.807, 2.05) is 0 Å². The molecule has 0 aliphatic heterocycles. The molecule has 148 valence electrons. The van der Waals surface area contributed by atoms with Gasteiger partial charge in [0.25, 0.3) is 0 Å². The van der Waals surface area contributed by atoms with Gasteiger partial charge in [-0.1, -0.05) is 58.3 Å². The number of carbonyl (C=O) groups excluding carboxylic acids is 1. The van der Waals surface area contributed by atoms with E-state index in [1.165, 1.54) is 50.3 Å². The summed E-state index contributed by atoms with van der Waals surface area (Å²) in [5.41, 5.74) is 0. The van der Waals surface area contributed by atoms with Gasteiger partial charge in [0.1, 0.15) is 6.04 Å². The van der Waals surface area contributed by atoms with E-state index in [2.05, 4.69) is 12.2 Å². The summed E-state index contributed by atoms with van der Waals surface area (Å²) in [7, 11) is 0. The van der Waals surface area contributed by atoms with Crippen LogP contribution in [0.25, 0.3) is 0 Å². The Morgan fingerprint density at radius 1 is 0.960 bits per heavy atom. The highest BCUT2D eigenvalue weighted by Crippen LogP contribution is 2.11. The predicted molar refractivity (Wildman–Crippen MR) is 102 cm³/mol. The molecule has 25 heavy (non-hydrogen) atoms. The Kier molecular flexibility index (Phi) is 16.1. The van der Waals surface area contributed by atoms with E-state index in [-0.39, 0.29) is 24.0 Å². The normalized spacial score (nSPS) is 13.4. The van der Waals surface area contributed by atoms with Gasteiger partial charge < -0.3 is 20.6 Å². The number of aliphatic hydroxyl groups excluding tert-OH is 2. The van der Waals surface area contributed by atoms with Crippen LogP contribution in [0.15, 0.2) is 0 Å². The summed E-state index contributed by atoms with van der Waals surface area (Å²) in [6.45, 7) is 1.85. The van der Waals surface area contributed by atoms with Crippen LogP contribution in [0.4, 0.5) is 0 Å². The lowest BCUT2D eigenvalue weighted by molar-refractivity contribution is -0.141. The molecular weight excluding hydrogens is 342 g/mol. The van der Waals surface area contributed by atoms with Crippen molar-refractivity contribution in [1.82, 2.24) is 5.32 Å². The molecule has 0 aromatic rings. The molecule has 0 aliphatic rings. The lowest BCUT2D eigenvalue weighted by Gasteiger charge is -2.15. The van der Waals surface area contributed by atoms with Crippen LogP contribution in [-0.2, 0) is 9.59 Å². The number of carbonyl (C=O) groups is 2. The third kappa shape index (κ3) is 15.2. The number of carboxylic acid groups (broad SMARTS) is 1. The number of amides is 1. The first kappa shape index (κ1) is 24.2. The molecule has 0 bridgehead atoms. The molecule has 0 radical (unpaired) electrons. The van der Waals surface area contributed by atoms with Gasteiger partial charge >= 0.3 is 5.97 Å². The van der Waals surface area contributed by atoms with Gasteiger partial charge in [0.15, 0.2) is 0 Å². The Bertz CT molecular complexity index is 354. The quantitative estimate of drug-likeness (QED) is 0.290. The molecule has 0 fully saturated rings. The molecule has 0 aromatic carbocycles. The molecule has 2 atom stereocenters. The van der Waals surface area contributed by atoms with E-state index >= 15 is 0 Å². The maximum Gasteiger partial charge on any atom is 0.327 e. The maximum absolute atomic E-state index is 11.8. The number of unbranched alkanes of at least 4 members (excludes halogenated alkanes) is 8. The van der Waals surface area contributed by atoms with Crippen LogP contribution in [0.3, 0.4) is 0 Å². The standard InChI is InChI=1S/C18H35NO5S/c1-2-3-4-5-6-7-8-9-10-11-17(22)19-16(18(23)24)14-25-13-15(21)12-20/h15-16,20-21H,2-14H2,1H3,(H,19,22)(H,23,24)/t15-,16+/m1/s1. The third-order valence-electron chi connectivity index (χ3n) is 3.95. The van der Waals surface area contributed by atoms with Crippen molar-refractivity contribution < 1.29 is 24.9 Å². The number of aliphatic hydroxyl groups is 2. The molecule has 0 aromatic heterocycles. The first-order valence-corrected chi connectivity index (χ1v) is 10.6. The number of nitrogens with one attached hydrogen (secondary N) is 1. The Hall–Kier alpha value is -0.790. The van der Waals surface area contributed by atoms with Crippen LogP contribution in [0.2, 0.25) is 0 Å². The van der Waals surface area contributed by atoms with E-state index in [1.54, 1.807) is 0 Å². The topological polar surface area (TPSA) is 107 Å². The van der Waals surface area contributed by atoms with Gasteiger partial charge in [0.2, 0.25) is 5.91 Å². The van der Waals surface area contributed by atoms with Crippen molar-refractivity contribution in [3.63, 3.8) is 0 Å². The van der Waals surface area contributed by atoms with Crippen molar-refractivity contribution in [2.45, 2.75) is 83.3 Å². The van der Waals surface area contributed by atoms with Crippen LogP contribution in [0, 0.1) is 0 Å². The van der Waals surface area contributed by atoms with Gasteiger partial charge in [0, 0.05) is 17.9 Å². The molecule has 4 N–H and O–H groups in total. The van der Waals surface area contributed by atoms with Crippen LogP contribution in [0.5, 0.6) is 0 Å². The minimum Gasteiger partial charge on any atom is -0.480 e. The zero-order chi connectivity index (χ0) is 18.9. The van der Waals surface area contributed by atoms with Crippen molar-refractivity contribution >= 4 is 23.6 Å². The summed E-state index contributed by atoms with van der Waals surface area (Å²) >= 11 is 1.20. The highest BCUT2D eigenvalue weighted by molar-refractivity contribution is 7.99. The molecule has 0 rings (SSSR count). The molecular formula is C18H35NO5S. The monoisotopic (exact) mass is 377 g/mol. The average Bonchev–Trinajstić information content (AvgIpc) is 2.59. The van der Waals surface area contributed by atoms with Gasteiger partial charge in [-0.25, -0.2) is 4.79 Å². The van der Waals surface area contributed by atoms with Crippen molar-refractivity contribution in [3.05, 3.63) is 0 Å². The summed E-state index contributed by atoms with van der Waals surface area (Å²) in [6, 6.07) is -0.957. The second-order valence-electron chi connectivity index (χ2n) is 6.41. The molecule has 1 amide bonds. The number of hydrogen-bond donors (Lipinski definition) is 4. The molecule has 0 heterocycles. The minimum absolute atomic E-state index is 0.176. The maximum atomic E-state index is 11.8. The van der Waals surface area contributed by atoms with Gasteiger partial charge in [0.05, 0.1) is 12.7 Å². The SMILES string of the molecule is CCCCCCCCCCCC(=O)N[C@@H](CSC[C@H](O)CO)C(=O)O. The summed E-state index contributed by atoms with van der Waals surface area (Å²) in [4.78, 5) is 23.0. The fraction of sp³-hybridized carbons (Fsp3) is 0.889. The Labute approximate surface area is 155 Å². The first-order chi connectivity index (χ1) is 12.0. The fourth-order valence-electron chi connectivity index (χ4n) is 2.41. The largest absolute Gasteiger partial charge is 0.480 e. The fourth-order valence-corrected chi connectivity index (χ4v) is 3.39. The van der Waals surface area contributed by atoms with Gasteiger partial charge in [-0.3, -0.25) is 4.79 Å². The van der Waals surface area contributed by atoms with Gasteiger partial charge in [-0.15, -0.1) is 0 Å². The molecule has 0 unspecified atom stereocenters. The smallest absolute Gasteiger partial charge is 0.327 e. The van der Waals surface area contributed by atoms with E-state index in [4.69, 9.17) is 10.2 Å². The van der Waals surface area contributed by atoms with E-state index in [0.717, 1.165) is 19.3 Å². The summed E-state index contributed by atoms with van der Waals surface area (Å²) in [5.74, 6) is -0.894. The second-order valence-corrected chi connectivity index (χ2v) is 7.49. The molecule has 0 saturated carbocycles. The number of hydrogen-bond acceptors (Lipinski definition) is 5. The Morgan fingerprint density at radius 3 is 2.04 bits per heavy atom. The lowest BCUT2D eigenvalue weighted by Crippen LogP contribution is -2.42. The molecule has 6 nitrogen and oxygen atoms in total. The average molecular weight is 378 g/mol. The van der Waals surface area contributed by atoms with Crippen LogP contribution >= 0.6 is 11.8 Å². The Balaban J connectivity index is 3.73. The van der Waals surface area contributed by atoms with Crippen molar-refractivity contribution in [1.29, 1.82) is 0 Å². The van der Waals surface area contributed by atoms with E-state index in [9.17, 15) is 14.7 Å². The molecule has 0 spiro atoms. The Morgan fingerprint density at radius 2 is 1.52 bits per heavy atom. The number of aliphatic carboxylic acids is 1. The number of thioether (sulfide) groups is 1.